The van der Waals surface area contributed by atoms with Crippen LogP contribution in [0.3, 0.4) is 0 Å². The maximum absolute atomic E-state index is 5.86. The Bertz CT molecular complexity index is 173. The predicted octanol–water partition coefficient (Wildman–Crippen LogP) is 2.83. The van der Waals surface area contributed by atoms with Gasteiger partial charge in [-0.2, -0.15) is 0 Å². The van der Waals surface area contributed by atoms with Crippen LogP contribution in [-0.4, -0.2) is 25.8 Å². The Morgan fingerprint density at radius 1 is 1.33 bits per heavy atom. The molecule has 0 aromatic heterocycles. The minimum atomic E-state index is 0.268. The summed E-state index contributed by atoms with van der Waals surface area (Å²) >= 11 is 0. The molecule has 0 heterocycles. The second-order valence-corrected chi connectivity index (χ2v) is 6.05. The van der Waals surface area contributed by atoms with Gasteiger partial charge >= 0.3 is 0 Å². The van der Waals surface area contributed by atoms with Crippen LogP contribution in [0.4, 0.5) is 0 Å². The van der Waals surface area contributed by atoms with Gasteiger partial charge in [0.1, 0.15) is 0 Å². The molecule has 0 aromatic carbocycles. The van der Waals surface area contributed by atoms with E-state index in [0.29, 0.717) is 6.10 Å². The van der Waals surface area contributed by atoms with Crippen molar-refractivity contribution >= 4 is 0 Å². The summed E-state index contributed by atoms with van der Waals surface area (Å²) in [6.45, 7) is 12.1. The van der Waals surface area contributed by atoms with Gasteiger partial charge in [-0.05, 0) is 31.7 Å². The lowest BCUT2D eigenvalue weighted by molar-refractivity contribution is -0.0352. The van der Waals surface area contributed by atoms with Crippen LogP contribution < -0.4 is 5.32 Å². The van der Waals surface area contributed by atoms with Gasteiger partial charge in [-0.25, -0.2) is 0 Å². The number of ether oxygens (including phenoxy) is 1. The third-order valence-corrected chi connectivity index (χ3v) is 2.92. The molecule has 0 atom stereocenters. The lowest BCUT2D eigenvalue weighted by Gasteiger charge is -2.31. The highest BCUT2D eigenvalue weighted by molar-refractivity contribution is 4.75. The Balaban J connectivity index is 2.07. The first-order valence-electron chi connectivity index (χ1n) is 6.32. The second kappa shape index (κ2) is 5.86. The molecular weight excluding hydrogens is 186 g/mol. The van der Waals surface area contributed by atoms with Crippen LogP contribution in [0, 0.1) is 11.3 Å². The average Bonchev–Trinajstić information content (AvgIpc) is 1.99. The molecule has 1 fully saturated rings. The lowest BCUT2D eigenvalue weighted by atomic mass is 9.92. The van der Waals surface area contributed by atoms with Gasteiger partial charge in [0, 0.05) is 12.0 Å². The third kappa shape index (κ3) is 5.53. The van der Waals surface area contributed by atoms with E-state index in [1.807, 2.05) is 0 Å². The summed E-state index contributed by atoms with van der Waals surface area (Å²) in [5, 5.41) is 3.50. The van der Waals surface area contributed by atoms with Crippen molar-refractivity contribution in [2.75, 3.05) is 19.7 Å². The molecule has 0 saturated heterocycles. The molecule has 1 aliphatic rings. The zero-order valence-electron chi connectivity index (χ0n) is 10.8. The van der Waals surface area contributed by atoms with Crippen molar-refractivity contribution in [2.45, 2.75) is 53.1 Å². The highest BCUT2D eigenvalue weighted by atomic mass is 16.5. The highest BCUT2D eigenvalue weighted by Gasteiger charge is 2.23. The van der Waals surface area contributed by atoms with Crippen molar-refractivity contribution in [1.82, 2.24) is 5.32 Å². The maximum atomic E-state index is 5.86. The van der Waals surface area contributed by atoms with Crippen molar-refractivity contribution in [2.24, 2.45) is 11.3 Å². The number of rotatable bonds is 7. The number of hydrogen-bond donors (Lipinski definition) is 1. The van der Waals surface area contributed by atoms with Crippen LogP contribution in [0.2, 0.25) is 0 Å². The largest absolute Gasteiger partial charge is 0.378 e. The summed E-state index contributed by atoms with van der Waals surface area (Å²) in [5.74, 6) is 0.730. The van der Waals surface area contributed by atoms with Crippen molar-refractivity contribution in [3.8, 4) is 0 Å². The van der Waals surface area contributed by atoms with Crippen molar-refractivity contribution in [1.29, 1.82) is 0 Å². The zero-order valence-corrected chi connectivity index (χ0v) is 10.8. The molecule has 1 saturated carbocycles. The SMILES string of the molecule is CC(C)CNCC(C)(C)COC1CCC1. The molecule has 0 unspecified atom stereocenters. The van der Waals surface area contributed by atoms with Gasteiger partial charge < -0.3 is 10.1 Å². The van der Waals surface area contributed by atoms with E-state index < -0.39 is 0 Å². The number of hydrogen-bond acceptors (Lipinski definition) is 2. The lowest BCUT2D eigenvalue weighted by Crippen LogP contribution is -2.37. The summed E-state index contributed by atoms with van der Waals surface area (Å²) in [4.78, 5) is 0. The first kappa shape index (κ1) is 13.0. The molecule has 1 rings (SSSR count). The summed E-state index contributed by atoms with van der Waals surface area (Å²) in [6, 6.07) is 0. The molecule has 90 valence electrons. The van der Waals surface area contributed by atoms with Gasteiger partial charge in [0.05, 0.1) is 12.7 Å². The van der Waals surface area contributed by atoms with Crippen molar-refractivity contribution < 1.29 is 4.74 Å². The first-order chi connectivity index (χ1) is 6.99. The normalized spacial score (nSPS) is 18.2. The molecule has 2 nitrogen and oxygen atoms in total. The second-order valence-electron chi connectivity index (χ2n) is 6.05. The van der Waals surface area contributed by atoms with Gasteiger partial charge in [0.15, 0.2) is 0 Å². The fourth-order valence-electron chi connectivity index (χ4n) is 1.63. The van der Waals surface area contributed by atoms with Gasteiger partial charge in [-0.15, -0.1) is 0 Å². The molecule has 0 amide bonds. The predicted molar refractivity (Wildman–Crippen MR) is 65.1 cm³/mol. The minimum Gasteiger partial charge on any atom is -0.378 e. The van der Waals surface area contributed by atoms with E-state index in [1.54, 1.807) is 0 Å². The Morgan fingerprint density at radius 2 is 2.00 bits per heavy atom. The molecule has 15 heavy (non-hydrogen) atoms. The molecule has 0 spiro atoms. The smallest absolute Gasteiger partial charge is 0.0575 e. The van der Waals surface area contributed by atoms with E-state index in [-0.39, 0.29) is 5.41 Å². The summed E-state index contributed by atoms with van der Waals surface area (Å²) in [7, 11) is 0. The van der Waals surface area contributed by atoms with Crippen LogP contribution in [0.15, 0.2) is 0 Å². The summed E-state index contributed by atoms with van der Waals surface area (Å²) in [6.07, 6.45) is 4.47. The van der Waals surface area contributed by atoms with Gasteiger partial charge in [0.2, 0.25) is 0 Å². The van der Waals surface area contributed by atoms with Crippen LogP contribution in [0.1, 0.15) is 47.0 Å². The van der Waals surface area contributed by atoms with Crippen LogP contribution in [0.25, 0.3) is 0 Å². The molecule has 1 N–H and O–H groups in total. The topological polar surface area (TPSA) is 21.3 Å². The standard InChI is InChI=1S/C13H27NO/c1-11(2)8-14-9-13(3,4)10-15-12-6-5-7-12/h11-12,14H,5-10H2,1-4H3. The first-order valence-corrected chi connectivity index (χ1v) is 6.32. The average molecular weight is 213 g/mol. The highest BCUT2D eigenvalue weighted by Crippen LogP contribution is 2.25. The van der Waals surface area contributed by atoms with Crippen LogP contribution in [-0.2, 0) is 4.74 Å². The van der Waals surface area contributed by atoms with Gasteiger partial charge in [0.25, 0.3) is 0 Å². The molecule has 0 aromatic rings. The fourth-order valence-corrected chi connectivity index (χ4v) is 1.63. The molecule has 0 aliphatic heterocycles. The molecule has 2 heteroatoms. The molecule has 0 radical (unpaired) electrons. The Morgan fingerprint density at radius 3 is 2.47 bits per heavy atom. The van der Waals surface area contributed by atoms with Crippen LogP contribution >= 0.6 is 0 Å². The Kier molecular flexibility index (Phi) is 5.07. The quantitative estimate of drug-likeness (QED) is 0.702. The van der Waals surface area contributed by atoms with E-state index in [9.17, 15) is 0 Å². The van der Waals surface area contributed by atoms with Gasteiger partial charge in [-0.3, -0.25) is 0 Å². The monoisotopic (exact) mass is 213 g/mol. The minimum absolute atomic E-state index is 0.268. The molecular formula is C13H27NO. The Labute approximate surface area is 94.8 Å². The van der Waals surface area contributed by atoms with E-state index in [1.165, 1.54) is 19.3 Å². The molecule has 1 aliphatic carbocycles. The van der Waals surface area contributed by atoms with E-state index in [2.05, 4.69) is 33.0 Å². The van der Waals surface area contributed by atoms with E-state index >= 15 is 0 Å². The van der Waals surface area contributed by atoms with Crippen molar-refractivity contribution in [3.05, 3.63) is 0 Å². The number of nitrogens with one attached hydrogen (secondary N) is 1. The van der Waals surface area contributed by atoms with Crippen LogP contribution in [0.5, 0.6) is 0 Å². The third-order valence-electron chi connectivity index (χ3n) is 2.92. The van der Waals surface area contributed by atoms with Crippen molar-refractivity contribution in [3.63, 3.8) is 0 Å². The molecule has 0 bridgehead atoms. The fraction of sp³-hybridized carbons (Fsp3) is 1.00. The van der Waals surface area contributed by atoms with E-state index in [4.69, 9.17) is 4.74 Å². The summed E-state index contributed by atoms with van der Waals surface area (Å²) < 4.78 is 5.86. The summed E-state index contributed by atoms with van der Waals surface area (Å²) in [5.41, 5.74) is 0.268. The van der Waals surface area contributed by atoms with E-state index in [0.717, 1.165) is 25.6 Å². The Hall–Kier alpha value is -0.0800. The zero-order chi connectivity index (χ0) is 11.3. The van der Waals surface area contributed by atoms with Gasteiger partial charge in [-0.1, -0.05) is 27.7 Å². The maximum Gasteiger partial charge on any atom is 0.0575 e.